The third kappa shape index (κ3) is 3.56. The molecule has 2 aromatic heterocycles. The summed E-state index contributed by atoms with van der Waals surface area (Å²) in [6.07, 6.45) is 0. The zero-order chi connectivity index (χ0) is 22.4. The van der Waals surface area contributed by atoms with E-state index in [-0.39, 0.29) is 0 Å². The van der Waals surface area contributed by atoms with Gasteiger partial charge in [-0.2, -0.15) is 4.52 Å². The van der Waals surface area contributed by atoms with E-state index in [1.807, 2.05) is 59.1 Å². The van der Waals surface area contributed by atoms with Crippen LogP contribution < -0.4 is 9.80 Å². The maximum atomic E-state index is 6.44. The number of anilines is 2. The molecule has 1 aliphatic heterocycles. The Kier molecular flexibility index (Phi) is 5.04. The summed E-state index contributed by atoms with van der Waals surface area (Å²) in [5.74, 6) is 0.947. The van der Waals surface area contributed by atoms with Crippen LogP contribution in [0.2, 0.25) is 10.0 Å². The van der Waals surface area contributed by atoms with Crippen LogP contribution in [-0.2, 0) is 0 Å². The maximum Gasteiger partial charge on any atom is 0.186 e. The number of hydrogen-bond donors (Lipinski definition) is 0. The summed E-state index contributed by atoms with van der Waals surface area (Å²) in [7, 11) is 0. The molecule has 0 amide bonds. The topological polar surface area (TPSA) is 49.6 Å². The smallest absolute Gasteiger partial charge is 0.186 e. The van der Waals surface area contributed by atoms with Crippen LogP contribution in [0.3, 0.4) is 0 Å². The van der Waals surface area contributed by atoms with Gasteiger partial charge in [-0.15, -0.1) is 5.10 Å². The molecule has 0 aliphatic carbocycles. The molecular weight excluding hydrogens is 455 g/mol. The monoisotopic (exact) mass is 474 g/mol. The third-order valence-electron chi connectivity index (χ3n) is 6.10. The molecule has 6 rings (SSSR count). The van der Waals surface area contributed by atoms with E-state index < -0.39 is 0 Å². The largest absolute Gasteiger partial charge is 0.367 e. The molecule has 164 valence electrons. The predicted octanol–water partition coefficient (Wildman–Crippen LogP) is 5.58. The lowest BCUT2D eigenvalue weighted by molar-refractivity contribution is 0.649. The lowest BCUT2D eigenvalue weighted by Gasteiger charge is -2.37. The SMILES string of the molecule is Clc1cccc(-c2nnn3c2nc(N2CCN(c4ccccc4Cl)CC2)c2ccccc23)c1. The van der Waals surface area contributed by atoms with Crippen LogP contribution in [0.5, 0.6) is 0 Å². The standard InChI is InChI=1S/C25H20Cl2N6/c26-18-7-5-6-17(16-18)23-25-28-24(19-8-1-3-10-21(19)33(25)30-29-23)32-14-12-31(13-15-32)22-11-4-2-9-20(22)27/h1-11,16H,12-15H2. The van der Waals surface area contributed by atoms with Crippen molar-refractivity contribution in [2.45, 2.75) is 0 Å². The second-order valence-electron chi connectivity index (χ2n) is 8.06. The van der Waals surface area contributed by atoms with Crippen molar-refractivity contribution in [3.05, 3.63) is 82.8 Å². The Morgan fingerprint density at radius 3 is 2.33 bits per heavy atom. The van der Waals surface area contributed by atoms with E-state index in [0.717, 1.165) is 70.5 Å². The normalized spacial score (nSPS) is 14.4. The number of rotatable bonds is 3. The third-order valence-corrected chi connectivity index (χ3v) is 6.66. The Balaban J connectivity index is 1.42. The maximum absolute atomic E-state index is 6.44. The van der Waals surface area contributed by atoms with Crippen molar-refractivity contribution in [2.24, 2.45) is 0 Å². The van der Waals surface area contributed by atoms with E-state index in [0.29, 0.717) is 5.02 Å². The zero-order valence-corrected chi connectivity index (χ0v) is 19.2. The van der Waals surface area contributed by atoms with Crippen molar-refractivity contribution in [1.29, 1.82) is 0 Å². The summed E-state index contributed by atoms with van der Waals surface area (Å²) in [4.78, 5) is 9.75. The minimum absolute atomic E-state index is 0.658. The lowest BCUT2D eigenvalue weighted by atomic mass is 10.1. The molecule has 0 unspecified atom stereocenters. The molecule has 0 atom stereocenters. The minimum atomic E-state index is 0.658. The molecule has 0 N–H and O–H groups in total. The number of piperazine rings is 1. The lowest BCUT2D eigenvalue weighted by Crippen LogP contribution is -2.47. The molecule has 3 aromatic carbocycles. The molecule has 6 nitrogen and oxygen atoms in total. The van der Waals surface area contributed by atoms with E-state index >= 15 is 0 Å². The molecule has 0 radical (unpaired) electrons. The summed E-state index contributed by atoms with van der Waals surface area (Å²) in [6.45, 7) is 3.41. The quantitative estimate of drug-likeness (QED) is 0.341. The summed E-state index contributed by atoms with van der Waals surface area (Å²) in [5, 5.41) is 11.4. The molecule has 1 fully saturated rings. The van der Waals surface area contributed by atoms with Gasteiger partial charge in [-0.1, -0.05) is 64.8 Å². The van der Waals surface area contributed by atoms with Gasteiger partial charge in [0.1, 0.15) is 11.5 Å². The van der Waals surface area contributed by atoms with Gasteiger partial charge in [0.25, 0.3) is 0 Å². The van der Waals surface area contributed by atoms with Gasteiger partial charge in [0, 0.05) is 42.2 Å². The Morgan fingerprint density at radius 1 is 0.758 bits per heavy atom. The Hall–Kier alpha value is -3.35. The van der Waals surface area contributed by atoms with Crippen molar-refractivity contribution in [1.82, 2.24) is 19.8 Å². The van der Waals surface area contributed by atoms with Crippen molar-refractivity contribution >= 4 is 51.3 Å². The van der Waals surface area contributed by atoms with Crippen molar-refractivity contribution in [3.63, 3.8) is 0 Å². The molecule has 5 aromatic rings. The number of fused-ring (bicyclic) bond motifs is 3. The van der Waals surface area contributed by atoms with Crippen LogP contribution >= 0.6 is 23.2 Å². The van der Waals surface area contributed by atoms with Crippen molar-refractivity contribution < 1.29 is 0 Å². The fourth-order valence-electron chi connectivity index (χ4n) is 4.48. The van der Waals surface area contributed by atoms with Gasteiger partial charge < -0.3 is 9.80 Å². The van der Waals surface area contributed by atoms with Gasteiger partial charge in [0.15, 0.2) is 5.65 Å². The van der Waals surface area contributed by atoms with Crippen LogP contribution in [0, 0.1) is 0 Å². The highest BCUT2D eigenvalue weighted by Crippen LogP contribution is 2.32. The first-order valence-corrected chi connectivity index (χ1v) is 11.6. The van der Waals surface area contributed by atoms with Crippen LogP contribution in [0.15, 0.2) is 72.8 Å². The van der Waals surface area contributed by atoms with Crippen LogP contribution in [-0.4, -0.2) is 46.0 Å². The van der Waals surface area contributed by atoms with E-state index in [1.165, 1.54) is 0 Å². The molecule has 0 bridgehead atoms. The Morgan fingerprint density at radius 2 is 1.52 bits per heavy atom. The average Bonchev–Trinajstić information content (AvgIpc) is 3.28. The van der Waals surface area contributed by atoms with Gasteiger partial charge >= 0.3 is 0 Å². The van der Waals surface area contributed by atoms with Gasteiger partial charge in [-0.25, -0.2) is 4.98 Å². The molecule has 0 spiro atoms. The summed E-state index contributed by atoms with van der Waals surface area (Å²) >= 11 is 12.7. The molecule has 0 saturated carbocycles. The molecule has 1 saturated heterocycles. The van der Waals surface area contributed by atoms with Crippen LogP contribution in [0.25, 0.3) is 27.8 Å². The van der Waals surface area contributed by atoms with Gasteiger partial charge in [0.2, 0.25) is 0 Å². The predicted molar refractivity (Wildman–Crippen MR) is 135 cm³/mol. The highest BCUT2D eigenvalue weighted by molar-refractivity contribution is 6.33. The highest BCUT2D eigenvalue weighted by atomic mass is 35.5. The number of hydrogen-bond acceptors (Lipinski definition) is 5. The van der Waals surface area contributed by atoms with Crippen molar-refractivity contribution in [3.8, 4) is 11.3 Å². The first kappa shape index (κ1) is 20.3. The van der Waals surface area contributed by atoms with E-state index in [2.05, 4.69) is 38.3 Å². The van der Waals surface area contributed by atoms with Crippen LogP contribution in [0.4, 0.5) is 11.5 Å². The van der Waals surface area contributed by atoms with Gasteiger partial charge in [-0.05, 0) is 36.4 Å². The minimum Gasteiger partial charge on any atom is -0.367 e. The summed E-state index contributed by atoms with van der Waals surface area (Å²) < 4.78 is 1.81. The molecule has 33 heavy (non-hydrogen) atoms. The number of nitrogens with zero attached hydrogens (tertiary/aromatic N) is 6. The Labute approximate surface area is 201 Å². The van der Waals surface area contributed by atoms with Crippen LogP contribution in [0.1, 0.15) is 0 Å². The average molecular weight is 475 g/mol. The molecule has 1 aliphatic rings. The fraction of sp³-hybridized carbons (Fsp3) is 0.160. The van der Waals surface area contributed by atoms with E-state index in [1.54, 1.807) is 0 Å². The van der Waals surface area contributed by atoms with Gasteiger partial charge in [0.05, 0.1) is 16.2 Å². The van der Waals surface area contributed by atoms with E-state index in [4.69, 9.17) is 28.2 Å². The molecular formula is C25H20Cl2N6. The summed E-state index contributed by atoms with van der Waals surface area (Å²) in [5.41, 5.74) is 4.40. The molecule has 3 heterocycles. The number of halogens is 2. The number of para-hydroxylation sites is 2. The fourth-order valence-corrected chi connectivity index (χ4v) is 4.92. The first-order chi connectivity index (χ1) is 16.2. The molecule has 8 heteroatoms. The second kappa shape index (κ2) is 8.21. The van der Waals surface area contributed by atoms with Crippen molar-refractivity contribution in [2.75, 3.05) is 36.0 Å². The number of benzene rings is 3. The zero-order valence-electron chi connectivity index (χ0n) is 17.7. The second-order valence-corrected chi connectivity index (χ2v) is 8.91. The van der Waals surface area contributed by atoms with Gasteiger partial charge in [-0.3, -0.25) is 0 Å². The highest BCUT2D eigenvalue weighted by Gasteiger charge is 2.23. The summed E-state index contributed by atoms with van der Waals surface area (Å²) in [6, 6.07) is 23.9. The first-order valence-electron chi connectivity index (χ1n) is 10.8. The number of aromatic nitrogens is 4. The van der Waals surface area contributed by atoms with E-state index in [9.17, 15) is 0 Å². The Bertz CT molecular complexity index is 1470.